The van der Waals surface area contributed by atoms with Crippen LogP contribution < -0.4 is 10.4 Å². The number of hydrogen-bond acceptors (Lipinski definition) is 4. The van der Waals surface area contributed by atoms with Gasteiger partial charge < -0.3 is 15.2 Å². The van der Waals surface area contributed by atoms with Crippen LogP contribution in [0.15, 0.2) is 42.6 Å². The van der Waals surface area contributed by atoms with Gasteiger partial charge in [-0.1, -0.05) is 25.1 Å². The highest BCUT2D eigenvalue weighted by atomic mass is 16.4. The van der Waals surface area contributed by atoms with Crippen LogP contribution >= 0.6 is 0 Å². The van der Waals surface area contributed by atoms with Gasteiger partial charge in [0.25, 0.3) is 0 Å². The Morgan fingerprint density at radius 2 is 2.00 bits per heavy atom. The van der Waals surface area contributed by atoms with Gasteiger partial charge in [-0.25, -0.2) is 4.68 Å². The highest BCUT2D eigenvalue weighted by Gasteiger charge is 2.11. The second kappa shape index (κ2) is 7.40. The van der Waals surface area contributed by atoms with Crippen molar-refractivity contribution in [3.63, 3.8) is 0 Å². The number of carboxylic acid groups (broad SMARTS) is 1. The van der Waals surface area contributed by atoms with E-state index >= 15 is 0 Å². The number of amides is 1. The maximum atomic E-state index is 11.8. The third-order valence-electron chi connectivity index (χ3n) is 3.42. The minimum Gasteiger partial charge on any atom is -0.550 e. The molecule has 116 valence electrons. The molecule has 0 aliphatic rings. The first kappa shape index (κ1) is 15.8. The fourth-order valence-electron chi connectivity index (χ4n) is 2.11. The Hall–Kier alpha value is -2.63. The van der Waals surface area contributed by atoms with E-state index in [1.807, 2.05) is 30.3 Å². The summed E-state index contributed by atoms with van der Waals surface area (Å²) in [6, 6.07) is 11.2. The summed E-state index contributed by atoms with van der Waals surface area (Å²) in [5.41, 5.74) is 0.894. The number of carbonyl (C=O) groups is 2. The molecular weight excluding hydrogens is 282 g/mol. The molecule has 22 heavy (non-hydrogen) atoms. The summed E-state index contributed by atoms with van der Waals surface area (Å²) in [5, 5.41) is 17.7. The summed E-state index contributed by atoms with van der Waals surface area (Å²) in [6.45, 7) is 1.76. The number of para-hydroxylation sites is 1. The highest BCUT2D eigenvalue weighted by molar-refractivity contribution is 5.89. The molecule has 0 spiro atoms. The van der Waals surface area contributed by atoms with E-state index in [2.05, 4.69) is 10.4 Å². The lowest BCUT2D eigenvalue weighted by molar-refractivity contribution is -0.311. The molecule has 1 atom stereocenters. The minimum absolute atomic E-state index is 0.130. The largest absolute Gasteiger partial charge is 0.550 e. The molecule has 0 radical (unpaired) electrons. The second-order valence-electron chi connectivity index (χ2n) is 4.99. The molecule has 6 heteroatoms. The predicted molar refractivity (Wildman–Crippen MR) is 80.2 cm³/mol. The number of anilines is 1. The summed E-state index contributed by atoms with van der Waals surface area (Å²) in [7, 11) is 0. The molecule has 1 amide bonds. The van der Waals surface area contributed by atoms with E-state index in [-0.39, 0.29) is 18.7 Å². The van der Waals surface area contributed by atoms with Gasteiger partial charge in [0, 0.05) is 24.7 Å². The fourth-order valence-corrected chi connectivity index (χ4v) is 2.11. The molecule has 0 saturated heterocycles. The molecule has 0 aliphatic carbocycles. The van der Waals surface area contributed by atoms with Gasteiger partial charge in [0.05, 0.1) is 5.69 Å². The third-order valence-corrected chi connectivity index (χ3v) is 3.42. The molecular formula is C16H18N3O3-. The van der Waals surface area contributed by atoms with E-state index in [0.29, 0.717) is 12.2 Å². The number of nitrogens with one attached hydrogen (secondary N) is 1. The van der Waals surface area contributed by atoms with Crippen molar-refractivity contribution in [3.8, 4) is 5.69 Å². The molecule has 6 nitrogen and oxygen atoms in total. The quantitative estimate of drug-likeness (QED) is 0.836. The van der Waals surface area contributed by atoms with Gasteiger partial charge in [0.15, 0.2) is 5.82 Å². The zero-order valence-corrected chi connectivity index (χ0v) is 12.4. The van der Waals surface area contributed by atoms with Crippen molar-refractivity contribution in [1.29, 1.82) is 0 Å². The van der Waals surface area contributed by atoms with Gasteiger partial charge in [-0.3, -0.25) is 4.79 Å². The molecule has 0 aliphatic heterocycles. The number of rotatable bonds is 7. The monoisotopic (exact) mass is 300 g/mol. The van der Waals surface area contributed by atoms with Gasteiger partial charge in [-0.15, -0.1) is 0 Å². The Bertz CT molecular complexity index is 637. The van der Waals surface area contributed by atoms with Crippen LogP contribution in [0.2, 0.25) is 0 Å². The van der Waals surface area contributed by atoms with Gasteiger partial charge in [0.1, 0.15) is 0 Å². The van der Waals surface area contributed by atoms with Crippen LogP contribution in [-0.2, 0) is 9.59 Å². The Kier molecular flexibility index (Phi) is 5.30. The molecule has 1 aromatic carbocycles. The molecule has 0 bridgehead atoms. The fraction of sp³-hybridized carbons (Fsp3) is 0.312. The number of carboxylic acids is 1. The molecule has 0 unspecified atom stereocenters. The van der Waals surface area contributed by atoms with Gasteiger partial charge >= 0.3 is 0 Å². The summed E-state index contributed by atoms with van der Waals surface area (Å²) >= 11 is 0. The number of aliphatic carboxylic acids is 1. The van der Waals surface area contributed by atoms with Crippen LogP contribution in [0, 0.1) is 5.92 Å². The first-order valence-electron chi connectivity index (χ1n) is 7.22. The van der Waals surface area contributed by atoms with E-state index in [4.69, 9.17) is 0 Å². The Balaban J connectivity index is 1.90. The lowest BCUT2D eigenvalue weighted by atomic mass is 10.0. The normalized spacial score (nSPS) is 11.9. The van der Waals surface area contributed by atoms with E-state index in [9.17, 15) is 14.7 Å². The molecule has 1 aromatic heterocycles. The summed E-state index contributed by atoms with van der Waals surface area (Å²) in [4.78, 5) is 22.6. The topological polar surface area (TPSA) is 87.0 Å². The maximum Gasteiger partial charge on any atom is 0.225 e. The van der Waals surface area contributed by atoms with Crippen molar-refractivity contribution in [1.82, 2.24) is 9.78 Å². The molecule has 1 heterocycles. The van der Waals surface area contributed by atoms with Crippen molar-refractivity contribution in [2.75, 3.05) is 5.32 Å². The number of nitrogens with zero attached hydrogens (tertiary/aromatic N) is 2. The Labute approximate surface area is 128 Å². The van der Waals surface area contributed by atoms with Crippen LogP contribution in [0.5, 0.6) is 0 Å². The van der Waals surface area contributed by atoms with Crippen molar-refractivity contribution < 1.29 is 14.7 Å². The smallest absolute Gasteiger partial charge is 0.225 e. The Morgan fingerprint density at radius 3 is 2.64 bits per heavy atom. The number of hydrogen-bond donors (Lipinski definition) is 1. The SMILES string of the molecule is CC[C@H](CCC(=O)Nc1ccn(-c2ccccc2)n1)C(=O)[O-]. The van der Waals surface area contributed by atoms with Crippen LogP contribution in [-0.4, -0.2) is 21.7 Å². The average molecular weight is 300 g/mol. The molecule has 2 aromatic rings. The summed E-state index contributed by atoms with van der Waals surface area (Å²) in [5.74, 6) is -1.51. The van der Waals surface area contributed by atoms with Gasteiger partial charge in [-0.05, 0) is 30.9 Å². The van der Waals surface area contributed by atoms with E-state index in [1.165, 1.54) is 0 Å². The number of aromatic nitrogens is 2. The van der Waals surface area contributed by atoms with E-state index in [1.54, 1.807) is 23.9 Å². The Morgan fingerprint density at radius 1 is 1.27 bits per heavy atom. The van der Waals surface area contributed by atoms with Crippen LogP contribution in [0.25, 0.3) is 5.69 Å². The number of benzene rings is 1. The standard InChI is InChI=1S/C16H19N3O3/c1-2-12(16(21)22)8-9-15(20)17-14-10-11-19(18-14)13-6-4-3-5-7-13/h3-7,10-12H,2,8-9H2,1H3,(H,21,22)(H,17,18,20)/p-1/t12-/m1/s1. The molecule has 0 fully saturated rings. The van der Waals surface area contributed by atoms with E-state index < -0.39 is 11.9 Å². The summed E-state index contributed by atoms with van der Waals surface area (Å²) < 4.78 is 1.66. The highest BCUT2D eigenvalue weighted by Crippen LogP contribution is 2.13. The zero-order chi connectivity index (χ0) is 15.9. The number of carbonyl (C=O) groups excluding carboxylic acids is 2. The van der Waals surface area contributed by atoms with Crippen molar-refractivity contribution in [3.05, 3.63) is 42.6 Å². The first-order chi connectivity index (χ1) is 10.6. The van der Waals surface area contributed by atoms with Crippen LogP contribution in [0.3, 0.4) is 0 Å². The van der Waals surface area contributed by atoms with Gasteiger partial charge in [-0.2, -0.15) is 5.10 Å². The first-order valence-corrected chi connectivity index (χ1v) is 7.22. The molecule has 2 rings (SSSR count). The molecule has 0 saturated carbocycles. The molecule has 1 N–H and O–H groups in total. The van der Waals surface area contributed by atoms with Crippen molar-refractivity contribution >= 4 is 17.7 Å². The van der Waals surface area contributed by atoms with Crippen molar-refractivity contribution in [2.24, 2.45) is 5.92 Å². The zero-order valence-electron chi connectivity index (χ0n) is 12.4. The van der Waals surface area contributed by atoms with Crippen LogP contribution in [0.1, 0.15) is 26.2 Å². The minimum atomic E-state index is -1.11. The average Bonchev–Trinajstić information content (AvgIpc) is 2.97. The second-order valence-corrected chi connectivity index (χ2v) is 4.99. The lowest BCUT2D eigenvalue weighted by Gasteiger charge is -2.14. The van der Waals surface area contributed by atoms with Gasteiger partial charge in [0.2, 0.25) is 5.91 Å². The van der Waals surface area contributed by atoms with Crippen molar-refractivity contribution in [2.45, 2.75) is 26.2 Å². The van der Waals surface area contributed by atoms with E-state index in [0.717, 1.165) is 5.69 Å². The lowest BCUT2D eigenvalue weighted by Crippen LogP contribution is -2.31. The summed E-state index contributed by atoms with van der Waals surface area (Å²) in [6.07, 6.45) is 2.61. The van der Waals surface area contributed by atoms with Crippen LogP contribution in [0.4, 0.5) is 5.82 Å². The maximum absolute atomic E-state index is 11.8. The third kappa shape index (κ3) is 4.18. The predicted octanol–water partition coefficient (Wildman–Crippen LogP) is 1.37.